The van der Waals surface area contributed by atoms with E-state index >= 15 is 0 Å². The Morgan fingerprint density at radius 2 is 2.10 bits per heavy atom. The molecule has 0 spiro atoms. The monoisotopic (exact) mass is 307 g/mol. The van der Waals surface area contributed by atoms with Crippen LogP contribution in [0.25, 0.3) is 11.5 Å². The molecule has 0 radical (unpaired) electrons. The molecular weight excluding hydrogens is 286 g/mol. The highest BCUT2D eigenvalue weighted by Gasteiger charge is 2.18. The minimum Gasteiger partial charge on any atom is -0.444 e. The molecule has 5 heteroatoms. The molecule has 0 amide bonds. The molecule has 2 N–H and O–H groups in total. The summed E-state index contributed by atoms with van der Waals surface area (Å²) < 4.78 is 5.59. The van der Waals surface area contributed by atoms with E-state index in [0.29, 0.717) is 11.9 Å². The van der Waals surface area contributed by atoms with E-state index in [0.717, 1.165) is 37.3 Å². The highest BCUT2D eigenvalue weighted by molar-refractivity contribution is 5.85. The van der Waals surface area contributed by atoms with Crippen molar-refractivity contribution in [2.75, 3.05) is 13.1 Å². The van der Waals surface area contributed by atoms with Crippen molar-refractivity contribution in [1.82, 2.24) is 9.88 Å². The summed E-state index contributed by atoms with van der Waals surface area (Å²) in [4.78, 5) is 6.93. The normalized spacial score (nSPS) is 19.2. The number of hydrogen-bond donors (Lipinski definition) is 1. The van der Waals surface area contributed by atoms with Crippen molar-refractivity contribution in [1.29, 1.82) is 0 Å². The fraction of sp³-hybridized carbons (Fsp3) is 0.438. The first-order valence-corrected chi connectivity index (χ1v) is 7.20. The number of nitrogens with two attached hydrogens (primary N) is 1. The molecular formula is C16H22ClN3O. The maximum Gasteiger partial charge on any atom is 0.226 e. The molecule has 1 fully saturated rings. The van der Waals surface area contributed by atoms with Crippen molar-refractivity contribution >= 4 is 12.4 Å². The van der Waals surface area contributed by atoms with E-state index < -0.39 is 0 Å². The first-order valence-electron chi connectivity index (χ1n) is 7.20. The second-order valence-electron chi connectivity index (χ2n) is 5.65. The van der Waals surface area contributed by atoms with Crippen LogP contribution in [0.3, 0.4) is 0 Å². The lowest BCUT2D eigenvalue weighted by Crippen LogP contribution is -2.42. The van der Waals surface area contributed by atoms with Gasteiger partial charge in [0.1, 0.15) is 6.26 Å². The van der Waals surface area contributed by atoms with Gasteiger partial charge in [0.15, 0.2) is 0 Å². The lowest BCUT2D eigenvalue weighted by molar-refractivity contribution is 0.199. The fourth-order valence-electron chi connectivity index (χ4n) is 2.67. The quantitative estimate of drug-likeness (QED) is 0.947. The van der Waals surface area contributed by atoms with Gasteiger partial charge in [-0.2, -0.15) is 0 Å². The predicted octanol–water partition coefficient (Wildman–Crippen LogP) is 2.99. The van der Waals surface area contributed by atoms with Crippen LogP contribution in [-0.2, 0) is 6.54 Å². The van der Waals surface area contributed by atoms with Gasteiger partial charge in [-0.1, -0.05) is 17.7 Å². The third kappa shape index (κ3) is 4.06. The molecule has 1 aliphatic rings. The number of hydrogen-bond acceptors (Lipinski definition) is 4. The van der Waals surface area contributed by atoms with E-state index in [1.807, 2.05) is 12.1 Å². The standard InChI is InChI=1S/C16H21N3O.ClH/c1-12-4-6-13(7-5-12)16-18-15(11-20-16)10-19-8-2-3-14(17)9-19;/h4-7,11,14H,2-3,8-10,17H2,1H3;1H. The summed E-state index contributed by atoms with van der Waals surface area (Å²) in [7, 11) is 0. The van der Waals surface area contributed by atoms with Crippen LogP contribution in [0.4, 0.5) is 0 Å². The lowest BCUT2D eigenvalue weighted by atomic mass is 10.1. The van der Waals surface area contributed by atoms with Crippen LogP contribution >= 0.6 is 12.4 Å². The van der Waals surface area contributed by atoms with Crippen molar-refractivity contribution in [3.05, 3.63) is 41.8 Å². The number of likely N-dealkylation sites (tertiary alicyclic amines) is 1. The summed E-state index contributed by atoms with van der Waals surface area (Å²) in [5.41, 5.74) is 9.25. The Hall–Kier alpha value is -1.36. The number of rotatable bonds is 3. The Kier molecular flexibility index (Phi) is 5.39. The first-order chi connectivity index (χ1) is 9.70. The highest BCUT2D eigenvalue weighted by atomic mass is 35.5. The highest BCUT2D eigenvalue weighted by Crippen LogP contribution is 2.20. The summed E-state index contributed by atoms with van der Waals surface area (Å²) in [5.74, 6) is 0.696. The number of piperidine rings is 1. The summed E-state index contributed by atoms with van der Waals surface area (Å²) in [6, 6.07) is 8.53. The molecule has 1 aromatic carbocycles. The molecule has 1 unspecified atom stereocenters. The van der Waals surface area contributed by atoms with E-state index in [1.54, 1.807) is 6.26 Å². The van der Waals surface area contributed by atoms with E-state index in [-0.39, 0.29) is 12.4 Å². The Balaban J connectivity index is 0.00000161. The van der Waals surface area contributed by atoms with Crippen molar-refractivity contribution in [2.24, 2.45) is 5.73 Å². The number of halogens is 1. The van der Waals surface area contributed by atoms with Gasteiger partial charge in [0, 0.05) is 24.7 Å². The Morgan fingerprint density at radius 1 is 1.33 bits per heavy atom. The van der Waals surface area contributed by atoms with Gasteiger partial charge in [-0.3, -0.25) is 4.90 Å². The van der Waals surface area contributed by atoms with Crippen molar-refractivity contribution in [3.63, 3.8) is 0 Å². The van der Waals surface area contributed by atoms with Gasteiger partial charge in [0.25, 0.3) is 0 Å². The SMILES string of the molecule is Cc1ccc(-c2nc(CN3CCCC(N)C3)co2)cc1.Cl. The zero-order valence-corrected chi connectivity index (χ0v) is 13.1. The molecule has 21 heavy (non-hydrogen) atoms. The summed E-state index contributed by atoms with van der Waals surface area (Å²) in [6.45, 7) is 4.95. The van der Waals surface area contributed by atoms with Crippen LogP contribution in [0.1, 0.15) is 24.1 Å². The lowest BCUT2D eigenvalue weighted by Gasteiger charge is -2.29. The average Bonchev–Trinajstić information content (AvgIpc) is 2.88. The molecule has 0 saturated carbocycles. The topological polar surface area (TPSA) is 55.3 Å². The summed E-state index contributed by atoms with van der Waals surface area (Å²) >= 11 is 0. The molecule has 1 aliphatic heterocycles. The van der Waals surface area contributed by atoms with E-state index in [2.05, 4.69) is 28.9 Å². The Morgan fingerprint density at radius 3 is 2.81 bits per heavy atom. The van der Waals surface area contributed by atoms with Crippen molar-refractivity contribution in [2.45, 2.75) is 32.4 Å². The number of nitrogens with zero attached hydrogens (tertiary/aromatic N) is 2. The number of aromatic nitrogens is 1. The maximum absolute atomic E-state index is 6.00. The smallest absolute Gasteiger partial charge is 0.226 e. The third-order valence-corrected chi connectivity index (χ3v) is 3.78. The molecule has 1 aromatic heterocycles. The average molecular weight is 308 g/mol. The fourth-order valence-corrected chi connectivity index (χ4v) is 2.67. The number of benzene rings is 1. The molecule has 2 aromatic rings. The van der Waals surface area contributed by atoms with Crippen LogP contribution in [-0.4, -0.2) is 29.0 Å². The largest absolute Gasteiger partial charge is 0.444 e. The summed E-state index contributed by atoms with van der Waals surface area (Å²) in [5, 5.41) is 0. The molecule has 0 bridgehead atoms. The number of oxazole rings is 1. The second-order valence-corrected chi connectivity index (χ2v) is 5.65. The molecule has 114 valence electrons. The van der Waals surface area contributed by atoms with Crippen molar-refractivity contribution in [3.8, 4) is 11.5 Å². The van der Waals surface area contributed by atoms with E-state index in [1.165, 1.54) is 12.0 Å². The van der Waals surface area contributed by atoms with Crippen LogP contribution in [0, 0.1) is 6.92 Å². The molecule has 4 nitrogen and oxygen atoms in total. The van der Waals surface area contributed by atoms with Gasteiger partial charge in [0.05, 0.1) is 5.69 Å². The first kappa shape index (κ1) is 16.0. The van der Waals surface area contributed by atoms with Gasteiger partial charge >= 0.3 is 0 Å². The van der Waals surface area contributed by atoms with Crippen LogP contribution in [0.2, 0.25) is 0 Å². The molecule has 3 rings (SSSR count). The number of aryl methyl sites for hydroxylation is 1. The van der Waals surface area contributed by atoms with Gasteiger partial charge in [-0.05, 0) is 38.4 Å². The van der Waals surface area contributed by atoms with Gasteiger partial charge < -0.3 is 10.2 Å². The molecule has 0 aliphatic carbocycles. The van der Waals surface area contributed by atoms with Crippen molar-refractivity contribution < 1.29 is 4.42 Å². The van der Waals surface area contributed by atoms with Gasteiger partial charge in [-0.15, -0.1) is 12.4 Å². The van der Waals surface area contributed by atoms with Gasteiger partial charge in [-0.25, -0.2) is 4.98 Å². The zero-order valence-electron chi connectivity index (χ0n) is 12.3. The van der Waals surface area contributed by atoms with Crippen LogP contribution in [0.5, 0.6) is 0 Å². The maximum atomic E-state index is 6.00. The molecule has 2 heterocycles. The molecule has 1 saturated heterocycles. The third-order valence-electron chi connectivity index (χ3n) is 3.78. The minimum absolute atomic E-state index is 0. The molecule has 1 atom stereocenters. The summed E-state index contributed by atoms with van der Waals surface area (Å²) in [6.07, 6.45) is 4.06. The van der Waals surface area contributed by atoms with Gasteiger partial charge in [0.2, 0.25) is 5.89 Å². The van der Waals surface area contributed by atoms with Crippen LogP contribution in [0.15, 0.2) is 34.9 Å². The zero-order chi connectivity index (χ0) is 13.9. The predicted molar refractivity (Wildman–Crippen MR) is 86.4 cm³/mol. The van der Waals surface area contributed by atoms with Crippen LogP contribution < -0.4 is 5.73 Å². The van der Waals surface area contributed by atoms with E-state index in [4.69, 9.17) is 10.2 Å². The second kappa shape index (κ2) is 7.07. The van der Waals surface area contributed by atoms with E-state index in [9.17, 15) is 0 Å². The Bertz CT molecular complexity index is 567. The minimum atomic E-state index is 0. The Labute approximate surface area is 131 Å².